The van der Waals surface area contributed by atoms with Gasteiger partial charge in [0.1, 0.15) is 0 Å². The lowest BCUT2D eigenvalue weighted by Crippen LogP contribution is -2.05. The number of Topliss-reactive ketones (excluding diaryl/α,β-unsaturated/α-hetero) is 1. The second-order valence-corrected chi connectivity index (χ2v) is 5.25. The normalized spacial score (nSPS) is 11.4. The molecule has 0 unspecified atom stereocenters. The van der Waals surface area contributed by atoms with Crippen molar-refractivity contribution in [3.8, 4) is 0 Å². The zero-order valence-electron chi connectivity index (χ0n) is 10.9. The van der Waals surface area contributed by atoms with E-state index in [9.17, 15) is 4.79 Å². The molecule has 0 radical (unpaired) electrons. The zero-order valence-corrected chi connectivity index (χ0v) is 11.7. The number of thioether (sulfide) groups is 1. The summed E-state index contributed by atoms with van der Waals surface area (Å²) in [5.74, 6) is 0.962. The number of rotatable bonds is 5. The Hall–Kier alpha value is -1.22. The Balaban J connectivity index is 2.71. The van der Waals surface area contributed by atoms with E-state index < -0.39 is 0 Å². The lowest BCUT2D eigenvalue weighted by Gasteiger charge is -2.10. The van der Waals surface area contributed by atoms with Gasteiger partial charge in [0.15, 0.2) is 5.78 Å². The molecule has 0 bridgehead atoms. The van der Waals surface area contributed by atoms with E-state index >= 15 is 0 Å². The highest BCUT2D eigenvalue weighted by atomic mass is 32.2. The molecule has 2 nitrogen and oxygen atoms in total. The van der Waals surface area contributed by atoms with Crippen LogP contribution >= 0.6 is 11.8 Å². The predicted octanol–water partition coefficient (Wildman–Crippen LogP) is 3.22. The molecule has 0 aliphatic carbocycles. The molecule has 92 valence electrons. The van der Waals surface area contributed by atoms with Crippen LogP contribution in [-0.2, 0) is 10.5 Å². The molecule has 0 spiro atoms. The summed E-state index contributed by atoms with van der Waals surface area (Å²) in [6.07, 6.45) is 1.88. The SMILES string of the molecule is CC(=O)C(=CN(C)C)SCc1ccccc1C. The summed E-state index contributed by atoms with van der Waals surface area (Å²) in [5, 5.41) is 0. The van der Waals surface area contributed by atoms with Gasteiger partial charge in [-0.1, -0.05) is 24.3 Å². The highest BCUT2D eigenvalue weighted by Gasteiger charge is 2.06. The minimum Gasteiger partial charge on any atom is -0.382 e. The quantitative estimate of drug-likeness (QED) is 0.747. The first-order valence-electron chi connectivity index (χ1n) is 5.57. The summed E-state index contributed by atoms with van der Waals surface area (Å²) < 4.78 is 0. The zero-order chi connectivity index (χ0) is 12.8. The Bertz CT molecular complexity index is 424. The molecule has 0 heterocycles. The molecule has 0 aliphatic heterocycles. The lowest BCUT2D eigenvalue weighted by atomic mass is 10.1. The van der Waals surface area contributed by atoms with Crippen molar-refractivity contribution in [2.75, 3.05) is 14.1 Å². The molecule has 0 saturated heterocycles. The number of hydrogen-bond donors (Lipinski definition) is 0. The van der Waals surface area contributed by atoms with Crippen molar-refractivity contribution in [1.29, 1.82) is 0 Å². The van der Waals surface area contributed by atoms with Crippen molar-refractivity contribution < 1.29 is 4.79 Å². The summed E-state index contributed by atoms with van der Waals surface area (Å²) >= 11 is 1.60. The molecule has 0 aromatic heterocycles. The highest BCUT2D eigenvalue weighted by molar-refractivity contribution is 8.03. The van der Waals surface area contributed by atoms with Crippen LogP contribution in [0.1, 0.15) is 18.1 Å². The van der Waals surface area contributed by atoms with Crippen LogP contribution in [0.4, 0.5) is 0 Å². The first kappa shape index (κ1) is 13.8. The van der Waals surface area contributed by atoms with Gasteiger partial charge >= 0.3 is 0 Å². The summed E-state index contributed by atoms with van der Waals surface area (Å²) in [4.78, 5) is 14.2. The maximum absolute atomic E-state index is 11.5. The largest absolute Gasteiger partial charge is 0.382 e. The molecule has 0 saturated carbocycles. The van der Waals surface area contributed by atoms with Gasteiger partial charge in [-0.15, -0.1) is 11.8 Å². The van der Waals surface area contributed by atoms with E-state index in [0.29, 0.717) is 0 Å². The van der Waals surface area contributed by atoms with E-state index in [2.05, 4.69) is 19.1 Å². The molecule has 17 heavy (non-hydrogen) atoms. The molecular formula is C14H19NOS. The second kappa shape index (κ2) is 6.50. The number of ketones is 1. The number of nitrogens with zero attached hydrogens (tertiary/aromatic N) is 1. The van der Waals surface area contributed by atoms with Crippen LogP contribution in [-0.4, -0.2) is 24.8 Å². The minimum atomic E-state index is 0.122. The summed E-state index contributed by atoms with van der Waals surface area (Å²) in [5.41, 5.74) is 2.55. The molecule has 1 aromatic carbocycles. The number of hydrogen-bond acceptors (Lipinski definition) is 3. The fourth-order valence-electron chi connectivity index (χ4n) is 1.39. The molecule has 3 heteroatoms. The molecule has 1 aromatic rings. The number of aryl methyl sites for hydroxylation is 1. The van der Waals surface area contributed by atoms with E-state index in [4.69, 9.17) is 0 Å². The predicted molar refractivity (Wildman–Crippen MR) is 74.9 cm³/mol. The van der Waals surface area contributed by atoms with Crippen molar-refractivity contribution in [3.05, 3.63) is 46.5 Å². The number of carbonyl (C=O) groups excluding carboxylic acids is 1. The van der Waals surface area contributed by atoms with Crippen LogP contribution < -0.4 is 0 Å². The van der Waals surface area contributed by atoms with Gasteiger partial charge in [-0.25, -0.2) is 0 Å². The average molecular weight is 249 g/mol. The lowest BCUT2D eigenvalue weighted by molar-refractivity contribution is -0.113. The van der Waals surface area contributed by atoms with Gasteiger partial charge in [0.2, 0.25) is 0 Å². The summed E-state index contributed by atoms with van der Waals surface area (Å²) in [6, 6.07) is 8.27. The van der Waals surface area contributed by atoms with Crippen LogP contribution in [0.25, 0.3) is 0 Å². The van der Waals surface area contributed by atoms with Crippen LogP contribution in [0, 0.1) is 6.92 Å². The molecule has 0 atom stereocenters. The van der Waals surface area contributed by atoms with Gasteiger partial charge in [-0.05, 0) is 25.0 Å². The third-order valence-corrected chi connectivity index (χ3v) is 3.53. The van der Waals surface area contributed by atoms with E-state index in [1.807, 2.05) is 37.3 Å². The Morgan fingerprint density at radius 2 is 2.00 bits per heavy atom. The molecule has 0 N–H and O–H groups in total. The maximum Gasteiger partial charge on any atom is 0.167 e. The van der Waals surface area contributed by atoms with Gasteiger partial charge in [0.25, 0.3) is 0 Å². The Morgan fingerprint density at radius 1 is 1.35 bits per heavy atom. The van der Waals surface area contributed by atoms with E-state index in [1.165, 1.54) is 11.1 Å². The molecule has 1 rings (SSSR count). The van der Waals surface area contributed by atoms with Crippen LogP contribution in [0.3, 0.4) is 0 Å². The second-order valence-electron chi connectivity index (χ2n) is 4.23. The van der Waals surface area contributed by atoms with E-state index in [0.717, 1.165) is 10.7 Å². The third-order valence-electron chi connectivity index (χ3n) is 2.37. The van der Waals surface area contributed by atoms with Crippen molar-refractivity contribution >= 4 is 17.5 Å². The first-order chi connectivity index (χ1) is 8.00. The molecular weight excluding hydrogens is 230 g/mol. The topological polar surface area (TPSA) is 20.3 Å². The monoisotopic (exact) mass is 249 g/mol. The third kappa shape index (κ3) is 4.65. The fourth-order valence-corrected chi connectivity index (χ4v) is 2.52. The van der Waals surface area contributed by atoms with Crippen molar-refractivity contribution in [2.45, 2.75) is 19.6 Å². The van der Waals surface area contributed by atoms with Gasteiger partial charge < -0.3 is 4.90 Å². The highest BCUT2D eigenvalue weighted by Crippen LogP contribution is 2.23. The van der Waals surface area contributed by atoms with Gasteiger partial charge in [0, 0.05) is 26.0 Å². The fraction of sp³-hybridized carbons (Fsp3) is 0.357. The summed E-state index contributed by atoms with van der Waals surface area (Å²) in [7, 11) is 3.86. The maximum atomic E-state index is 11.5. The average Bonchev–Trinajstić information content (AvgIpc) is 2.25. The molecule has 0 amide bonds. The minimum absolute atomic E-state index is 0.122. The summed E-state index contributed by atoms with van der Waals surface area (Å²) in [6.45, 7) is 3.71. The first-order valence-corrected chi connectivity index (χ1v) is 6.55. The van der Waals surface area contributed by atoms with Crippen molar-refractivity contribution in [1.82, 2.24) is 4.90 Å². The van der Waals surface area contributed by atoms with Crippen molar-refractivity contribution in [2.24, 2.45) is 0 Å². The van der Waals surface area contributed by atoms with Gasteiger partial charge in [-0.2, -0.15) is 0 Å². The Labute approximate surface area is 108 Å². The standard InChI is InChI=1S/C14H19NOS/c1-11-7-5-6-8-13(11)10-17-14(12(2)16)9-15(3)4/h5-9H,10H2,1-4H3. The van der Waals surface area contributed by atoms with Crippen LogP contribution in [0.15, 0.2) is 35.4 Å². The van der Waals surface area contributed by atoms with E-state index in [-0.39, 0.29) is 5.78 Å². The number of allylic oxidation sites excluding steroid dienone is 1. The van der Waals surface area contributed by atoms with Crippen LogP contribution in [0.5, 0.6) is 0 Å². The Morgan fingerprint density at radius 3 is 2.53 bits per heavy atom. The Kier molecular flexibility index (Phi) is 5.29. The van der Waals surface area contributed by atoms with Crippen molar-refractivity contribution in [3.63, 3.8) is 0 Å². The number of carbonyl (C=O) groups is 1. The smallest absolute Gasteiger partial charge is 0.167 e. The van der Waals surface area contributed by atoms with E-state index in [1.54, 1.807) is 18.7 Å². The van der Waals surface area contributed by atoms with Gasteiger partial charge in [0.05, 0.1) is 4.91 Å². The molecule has 0 fully saturated rings. The number of benzene rings is 1. The molecule has 0 aliphatic rings. The van der Waals surface area contributed by atoms with Gasteiger partial charge in [-0.3, -0.25) is 4.79 Å². The van der Waals surface area contributed by atoms with Crippen LogP contribution in [0.2, 0.25) is 0 Å².